The van der Waals surface area contributed by atoms with Crippen molar-refractivity contribution in [3.63, 3.8) is 0 Å². The summed E-state index contributed by atoms with van der Waals surface area (Å²) in [5.74, 6) is 0.516. The summed E-state index contributed by atoms with van der Waals surface area (Å²) in [4.78, 5) is 12.4. The van der Waals surface area contributed by atoms with E-state index in [1.165, 1.54) is 0 Å². The van der Waals surface area contributed by atoms with Crippen LogP contribution < -0.4 is 15.8 Å². The number of carbonyl (C=O) groups is 1. The van der Waals surface area contributed by atoms with Crippen LogP contribution in [0.25, 0.3) is 0 Å². The first-order valence-electron chi connectivity index (χ1n) is 9.59. The van der Waals surface area contributed by atoms with Gasteiger partial charge in [-0.05, 0) is 36.1 Å². The van der Waals surface area contributed by atoms with Gasteiger partial charge in [-0.25, -0.2) is 0 Å². The van der Waals surface area contributed by atoms with Crippen molar-refractivity contribution in [3.8, 4) is 5.75 Å². The van der Waals surface area contributed by atoms with E-state index in [1.807, 2.05) is 48.5 Å². The molecule has 1 saturated carbocycles. The Kier molecular flexibility index (Phi) is 6.48. The number of nitrogens with two attached hydrogens (primary N) is 1. The summed E-state index contributed by atoms with van der Waals surface area (Å²) in [6, 6.07) is 17.2. The van der Waals surface area contributed by atoms with E-state index in [0.717, 1.165) is 24.8 Å². The highest BCUT2D eigenvalue weighted by Gasteiger charge is 2.35. The number of aliphatic hydroxyl groups is 1. The monoisotopic (exact) mass is 368 g/mol. The maximum atomic E-state index is 12.4. The molecule has 0 radical (unpaired) electrons. The lowest BCUT2D eigenvalue weighted by Gasteiger charge is -2.32. The molecule has 1 atom stereocenters. The smallest absolute Gasteiger partial charge is 0.240 e. The van der Waals surface area contributed by atoms with Crippen LogP contribution >= 0.6 is 0 Å². The number of ether oxygens (including phenoxy) is 1. The van der Waals surface area contributed by atoms with Gasteiger partial charge in [0.1, 0.15) is 12.4 Å². The van der Waals surface area contributed by atoms with Crippen LogP contribution in [0.2, 0.25) is 0 Å². The Morgan fingerprint density at radius 1 is 1.11 bits per heavy atom. The van der Waals surface area contributed by atoms with Crippen LogP contribution in [0.15, 0.2) is 54.6 Å². The third-order valence-electron chi connectivity index (χ3n) is 5.15. The van der Waals surface area contributed by atoms with E-state index in [0.29, 0.717) is 30.8 Å². The number of amides is 1. The zero-order valence-corrected chi connectivity index (χ0v) is 15.6. The Bertz CT molecular complexity index is 742. The molecule has 144 valence electrons. The van der Waals surface area contributed by atoms with Crippen molar-refractivity contribution in [2.75, 3.05) is 6.54 Å². The molecule has 1 aliphatic rings. The minimum Gasteiger partial charge on any atom is -0.489 e. The molecule has 3 rings (SSSR count). The van der Waals surface area contributed by atoms with E-state index < -0.39 is 11.6 Å². The zero-order valence-electron chi connectivity index (χ0n) is 15.6. The molecular weight excluding hydrogens is 340 g/mol. The van der Waals surface area contributed by atoms with Crippen LogP contribution in [0.1, 0.15) is 49.3 Å². The Morgan fingerprint density at radius 2 is 1.85 bits per heavy atom. The highest BCUT2D eigenvalue weighted by Crippen LogP contribution is 2.26. The number of nitrogens with one attached hydrogen (secondary N) is 1. The highest BCUT2D eigenvalue weighted by atomic mass is 16.5. The topological polar surface area (TPSA) is 84.6 Å². The van der Waals surface area contributed by atoms with Gasteiger partial charge in [0.15, 0.2) is 0 Å². The van der Waals surface area contributed by atoms with E-state index in [4.69, 9.17) is 10.5 Å². The van der Waals surface area contributed by atoms with E-state index in [1.54, 1.807) is 6.07 Å². The molecule has 1 unspecified atom stereocenters. The van der Waals surface area contributed by atoms with Crippen LogP contribution in [0.4, 0.5) is 0 Å². The summed E-state index contributed by atoms with van der Waals surface area (Å²) in [5, 5.41) is 13.3. The van der Waals surface area contributed by atoms with Gasteiger partial charge in [-0.2, -0.15) is 0 Å². The van der Waals surface area contributed by atoms with E-state index in [2.05, 4.69) is 5.32 Å². The molecule has 27 heavy (non-hydrogen) atoms. The Morgan fingerprint density at radius 3 is 2.59 bits per heavy atom. The van der Waals surface area contributed by atoms with Gasteiger partial charge in [0, 0.05) is 6.54 Å². The van der Waals surface area contributed by atoms with Crippen molar-refractivity contribution in [1.29, 1.82) is 0 Å². The van der Waals surface area contributed by atoms with Gasteiger partial charge in [0.05, 0.1) is 11.6 Å². The fraction of sp³-hybridized carbons (Fsp3) is 0.409. The van der Waals surface area contributed by atoms with E-state index in [-0.39, 0.29) is 12.5 Å². The summed E-state index contributed by atoms with van der Waals surface area (Å²) < 4.78 is 5.80. The first-order valence-corrected chi connectivity index (χ1v) is 9.59. The number of rotatable bonds is 7. The normalized spacial score (nSPS) is 17.1. The average Bonchev–Trinajstić information content (AvgIpc) is 2.71. The molecule has 0 saturated heterocycles. The molecule has 1 aliphatic carbocycles. The molecule has 5 heteroatoms. The molecule has 5 nitrogen and oxygen atoms in total. The first-order chi connectivity index (χ1) is 13.1. The lowest BCUT2D eigenvalue weighted by Crippen LogP contribution is -2.55. The van der Waals surface area contributed by atoms with Crippen LogP contribution in [-0.2, 0) is 11.4 Å². The molecule has 0 bridgehead atoms. The average molecular weight is 368 g/mol. The van der Waals surface area contributed by atoms with Gasteiger partial charge in [-0.15, -0.1) is 0 Å². The molecule has 2 aromatic rings. The maximum absolute atomic E-state index is 12.4. The van der Waals surface area contributed by atoms with E-state index in [9.17, 15) is 9.90 Å². The van der Waals surface area contributed by atoms with Crippen LogP contribution in [0.5, 0.6) is 5.75 Å². The van der Waals surface area contributed by atoms with Gasteiger partial charge in [0.25, 0.3) is 0 Å². The second-order valence-electron chi connectivity index (χ2n) is 7.29. The lowest BCUT2D eigenvalue weighted by molar-refractivity contribution is -0.128. The molecule has 1 amide bonds. The van der Waals surface area contributed by atoms with Crippen molar-refractivity contribution < 1.29 is 14.6 Å². The summed E-state index contributed by atoms with van der Waals surface area (Å²) in [6.45, 7) is 0.604. The van der Waals surface area contributed by atoms with Crippen LogP contribution in [0, 0.1) is 0 Å². The predicted molar refractivity (Wildman–Crippen MR) is 105 cm³/mol. The Labute approximate surface area is 160 Å². The quantitative estimate of drug-likeness (QED) is 0.701. The molecular formula is C22H28N2O3. The fourth-order valence-corrected chi connectivity index (χ4v) is 3.45. The number of benzene rings is 2. The summed E-state index contributed by atoms with van der Waals surface area (Å²) in [6.07, 6.45) is 3.70. The number of carbonyl (C=O) groups excluding carboxylic acids is 1. The summed E-state index contributed by atoms with van der Waals surface area (Å²) in [5.41, 5.74) is 7.22. The molecule has 4 N–H and O–H groups in total. The van der Waals surface area contributed by atoms with Crippen molar-refractivity contribution in [3.05, 3.63) is 65.7 Å². The lowest BCUT2D eigenvalue weighted by atomic mass is 9.82. The second-order valence-corrected chi connectivity index (χ2v) is 7.29. The molecule has 0 spiro atoms. The van der Waals surface area contributed by atoms with Crippen molar-refractivity contribution in [2.45, 2.75) is 50.4 Å². The number of hydrogen-bond donors (Lipinski definition) is 3. The van der Waals surface area contributed by atoms with Crippen LogP contribution in [0.3, 0.4) is 0 Å². The van der Waals surface area contributed by atoms with Gasteiger partial charge in [-0.3, -0.25) is 4.79 Å². The third-order valence-corrected chi connectivity index (χ3v) is 5.15. The minimum absolute atomic E-state index is 0.139. The Balaban J connectivity index is 1.53. The zero-order chi connectivity index (χ0) is 19.1. The third kappa shape index (κ3) is 5.31. The summed E-state index contributed by atoms with van der Waals surface area (Å²) in [7, 11) is 0. The fourth-order valence-electron chi connectivity index (χ4n) is 3.45. The highest BCUT2D eigenvalue weighted by molar-refractivity contribution is 5.86. The van der Waals surface area contributed by atoms with Gasteiger partial charge >= 0.3 is 0 Å². The van der Waals surface area contributed by atoms with Crippen LogP contribution in [-0.4, -0.2) is 23.1 Å². The van der Waals surface area contributed by atoms with Crippen molar-refractivity contribution in [2.24, 2.45) is 5.73 Å². The second kappa shape index (κ2) is 9.02. The molecule has 1 fully saturated rings. The van der Waals surface area contributed by atoms with E-state index >= 15 is 0 Å². The molecule has 0 aliphatic heterocycles. The van der Waals surface area contributed by atoms with Gasteiger partial charge in [-0.1, -0.05) is 61.7 Å². The minimum atomic E-state index is -0.804. The largest absolute Gasteiger partial charge is 0.489 e. The first kappa shape index (κ1) is 19.4. The molecule has 2 aromatic carbocycles. The van der Waals surface area contributed by atoms with Crippen molar-refractivity contribution >= 4 is 5.91 Å². The SMILES string of the molecule is NC1(C(=O)NCC(O)c2cccc(OCc3ccccc3)c2)CCCCC1. The molecule has 0 aromatic heterocycles. The van der Waals surface area contributed by atoms with Crippen molar-refractivity contribution in [1.82, 2.24) is 5.32 Å². The number of hydrogen-bond acceptors (Lipinski definition) is 4. The standard InChI is InChI=1S/C22H28N2O3/c23-22(12-5-2-6-13-22)21(26)24-15-20(25)18-10-7-11-19(14-18)27-16-17-8-3-1-4-9-17/h1,3-4,7-11,14,20,25H,2,5-6,12-13,15-16,23H2,(H,24,26). The van der Waals surface area contributed by atoms with Gasteiger partial charge < -0.3 is 20.9 Å². The Hall–Kier alpha value is -2.37. The maximum Gasteiger partial charge on any atom is 0.240 e. The summed E-state index contributed by atoms with van der Waals surface area (Å²) >= 11 is 0. The molecule has 0 heterocycles. The predicted octanol–water partition coefficient (Wildman–Crippen LogP) is 3.08. The number of aliphatic hydroxyl groups excluding tert-OH is 1. The van der Waals surface area contributed by atoms with Gasteiger partial charge in [0.2, 0.25) is 5.91 Å².